The molecule has 7 heteroatoms. The molecule has 1 aromatic carbocycles. The van der Waals surface area contributed by atoms with Crippen LogP contribution in [0.1, 0.15) is 24.0 Å². The third-order valence-corrected chi connectivity index (χ3v) is 3.59. The predicted octanol–water partition coefficient (Wildman–Crippen LogP) is 3.80. The van der Waals surface area contributed by atoms with Gasteiger partial charge in [0.2, 0.25) is 0 Å². The molecule has 0 aliphatic heterocycles. The van der Waals surface area contributed by atoms with E-state index in [2.05, 4.69) is 10.4 Å². The van der Waals surface area contributed by atoms with Crippen LogP contribution in [0, 0.1) is 0 Å². The minimum Gasteiger partial charge on any atom is -0.310 e. The second-order valence-corrected chi connectivity index (χ2v) is 5.54. The lowest BCUT2D eigenvalue weighted by atomic mass is 10.1. The number of benzene rings is 1. The molecule has 0 saturated heterocycles. The van der Waals surface area contributed by atoms with Gasteiger partial charge in [0.25, 0.3) is 0 Å². The van der Waals surface area contributed by atoms with Crippen LogP contribution in [-0.4, -0.2) is 15.8 Å². The number of rotatable bonds is 4. The Morgan fingerprint density at radius 1 is 1.33 bits per heavy atom. The van der Waals surface area contributed by atoms with E-state index in [1.807, 2.05) is 0 Å². The van der Waals surface area contributed by atoms with E-state index in [-0.39, 0.29) is 0 Å². The van der Waals surface area contributed by atoms with Crippen molar-refractivity contribution in [1.82, 2.24) is 15.1 Å². The molecule has 0 unspecified atom stereocenters. The molecule has 0 bridgehead atoms. The molecule has 1 aliphatic rings. The van der Waals surface area contributed by atoms with Gasteiger partial charge in [0.15, 0.2) is 0 Å². The summed E-state index contributed by atoms with van der Waals surface area (Å²) < 4.78 is 39.2. The summed E-state index contributed by atoms with van der Waals surface area (Å²) in [6.45, 7) is 0.557. The van der Waals surface area contributed by atoms with E-state index in [1.165, 1.54) is 4.68 Å². The minimum atomic E-state index is -4.39. The summed E-state index contributed by atoms with van der Waals surface area (Å²) in [6, 6.07) is 5.58. The molecule has 1 saturated carbocycles. The molecule has 2 aromatic rings. The van der Waals surface area contributed by atoms with E-state index < -0.39 is 11.7 Å². The lowest BCUT2D eigenvalue weighted by Crippen LogP contribution is -2.17. The molecule has 0 spiro atoms. The Hall–Kier alpha value is -1.53. The van der Waals surface area contributed by atoms with E-state index in [9.17, 15) is 13.2 Å². The van der Waals surface area contributed by atoms with Gasteiger partial charge >= 0.3 is 6.18 Å². The molecule has 1 N–H and O–H groups in total. The summed E-state index contributed by atoms with van der Waals surface area (Å²) in [5.74, 6) is 0. The summed E-state index contributed by atoms with van der Waals surface area (Å²) in [4.78, 5) is 0. The molecule has 1 fully saturated rings. The third-order valence-electron chi connectivity index (χ3n) is 3.36. The molecule has 1 aromatic heterocycles. The number of nitrogens with one attached hydrogen (secondary N) is 1. The molecule has 0 radical (unpaired) electrons. The number of nitrogens with zero attached hydrogens (tertiary/aromatic N) is 2. The maximum absolute atomic E-state index is 12.7. The van der Waals surface area contributed by atoms with E-state index in [4.69, 9.17) is 11.6 Å². The van der Waals surface area contributed by atoms with Gasteiger partial charge < -0.3 is 5.32 Å². The van der Waals surface area contributed by atoms with Crippen molar-refractivity contribution in [2.24, 2.45) is 0 Å². The van der Waals surface area contributed by atoms with Crippen LogP contribution in [0.4, 0.5) is 13.2 Å². The molecule has 3 nitrogen and oxygen atoms in total. The van der Waals surface area contributed by atoms with Crippen molar-refractivity contribution < 1.29 is 13.2 Å². The molecule has 0 atom stereocenters. The first-order valence-electron chi connectivity index (χ1n) is 6.57. The number of aromatic nitrogens is 2. The average Bonchev–Trinajstić information content (AvgIpc) is 3.10. The normalized spacial score (nSPS) is 15.4. The van der Waals surface area contributed by atoms with Crippen LogP contribution in [0.2, 0.25) is 5.02 Å². The Balaban J connectivity index is 1.90. The standard InChI is InChI=1S/C14H13ClF3N3/c15-11-1-4-13(9(5-11)6-19-12-2-3-12)21-8-10(7-20-21)14(16,17)18/h1,4-5,7-8,12,19H,2-3,6H2. The SMILES string of the molecule is FC(F)(F)c1cnn(-c2ccc(Cl)cc2CNC2CC2)c1. The Morgan fingerprint density at radius 3 is 2.71 bits per heavy atom. The molecular weight excluding hydrogens is 303 g/mol. The average molecular weight is 316 g/mol. The second-order valence-electron chi connectivity index (χ2n) is 5.10. The van der Waals surface area contributed by atoms with Crippen molar-refractivity contribution in [2.75, 3.05) is 0 Å². The Bertz CT molecular complexity index is 647. The largest absolute Gasteiger partial charge is 0.419 e. The van der Waals surface area contributed by atoms with Crippen molar-refractivity contribution in [3.05, 3.63) is 46.7 Å². The summed E-state index contributed by atoms with van der Waals surface area (Å²) in [6.07, 6.45) is -0.306. The third kappa shape index (κ3) is 3.39. The molecule has 3 rings (SSSR count). The van der Waals surface area contributed by atoms with Crippen molar-refractivity contribution >= 4 is 11.6 Å². The van der Waals surface area contributed by atoms with Gasteiger partial charge in [-0.15, -0.1) is 0 Å². The second kappa shape index (κ2) is 5.35. The quantitative estimate of drug-likeness (QED) is 0.930. The Morgan fingerprint density at radius 2 is 2.10 bits per heavy atom. The molecule has 1 aliphatic carbocycles. The zero-order chi connectivity index (χ0) is 15.0. The number of halogens is 4. The van der Waals surface area contributed by atoms with Crippen LogP contribution in [0.15, 0.2) is 30.6 Å². The van der Waals surface area contributed by atoms with Gasteiger partial charge in [-0.25, -0.2) is 4.68 Å². The summed E-state index contributed by atoms with van der Waals surface area (Å²) in [5, 5.41) is 7.69. The molecule has 0 amide bonds. The monoisotopic (exact) mass is 315 g/mol. The van der Waals surface area contributed by atoms with Crippen molar-refractivity contribution in [2.45, 2.75) is 31.6 Å². The summed E-state index contributed by atoms with van der Waals surface area (Å²) in [7, 11) is 0. The van der Waals surface area contributed by atoms with E-state index in [0.717, 1.165) is 30.8 Å². The number of hydrogen-bond acceptors (Lipinski definition) is 2. The zero-order valence-electron chi connectivity index (χ0n) is 11.0. The van der Waals surface area contributed by atoms with Crippen LogP contribution < -0.4 is 5.32 Å². The Kier molecular flexibility index (Phi) is 3.67. The van der Waals surface area contributed by atoms with Gasteiger partial charge in [-0.3, -0.25) is 0 Å². The van der Waals surface area contributed by atoms with E-state index >= 15 is 0 Å². The van der Waals surface area contributed by atoms with Crippen LogP contribution >= 0.6 is 11.6 Å². The molecule has 112 valence electrons. The van der Waals surface area contributed by atoms with Crippen LogP contribution in [0.5, 0.6) is 0 Å². The lowest BCUT2D eigenvalue weighted by molar-refractivity contribution is -0.137. The van der Waals surface area contributed by atoms with Crippen molar-refractivity contribution in [3.63, 3.8) is 0 Å². The maximum Gasteiger partial charge on any atom is 0.419 e. The van der Waals surface area contributed by atoms with Crippen molar-refractivity contribution in [3.8, 4) is 5.69 Å². The van der Waals surface area contributed by atoms with Gasteiger partial charge in [-0.05, 0) is 36.6 Å². The lowest BCUT2D eigenvalue weighted by Gasteiger charge is -2.11. The first kappa shape index (κ1) is 14.4. The topological polar surface area (TPSA) is 29.9 Å². The van der Waals surface area contributed by atoms with Crippen molar-refractivity contribution in [1.29, 1.82) is 0 Å². The highest BCUT2D eigenvalue weighted by molar-refractivity contribution is 6.30. The van der Waals surface area contributed by atoms with Gasteiger partial charge in [-0.1, -0.05) is 11.6 Å². The fourth-order valence-electron chi connectivity index (χ4n) is 2.06. The Labute approximate surface area is 124 Å². The molecular formula is C14H13ClF3N3. The number of alkyl halides is 3. The molecule has 21 heavy (non-hydrogen) atoms. The van der Waals surface area contributed by atoms with E-state index in [0.29, 0.717) is 23.3 Å². The first-order valence-corrected chi connectivity index (χ1v) is 6.95. The highest BCUT2D eigenvalue weighted by Crippen LogP contribution is 2.30. The van der Waals surface area contributed by atoms with E-state index in [1.54, 1.807) is 18.2 Å². The van der Waals surface area contributed by atoms with Gasteiger partial charge in [-0.2, -0.15) is 18.3 Å². The fraction of sp³-hybridized carbons (Fsp3) is 0.357. The van der Waals surface area contributed by atoms with Crippen LogP contribution in [0.3, 0.4) is 0 Å². The maximum atomic E-state index is 12.7. The van der Waals surface area contributed by atoms with Crippen LogP contribution in [-0.2, 0) is 12.7 Å². The number of hydrogen-bond donors (Lipinski definition) is 1. The zero-order valence-corrected chi connectivity index (χ0v) is 11.7. The summed E-state index contributed by atoms with van der Waals surface area (Å²) in [5.41, 5.74) is 0.660. The van der Waals surface area contributed by atoms with Gasteiger partial charge in [0, 0.05) is 23.8 Å². The van der Waals surface area contributed by atoms with Gasteiger partial charge in [0.05, 0.1) is 17.4 Å². The highest BCUT2D eigenvalue weighted by atomic mass is 35.5. The first-order chi connectivity index (χ1) is 9.93. The summed E-state index contributed by atoms with van der Waals surface area (Å²) >= 11 is 5.98. The van der Waals surface area contributed by atoms with Gasteiger partial charge in [0.1, 0.15) is 0 Å². The fourth-order valence-corrected chi connectivity index (χ4v) is 2.26. The van der Waals surface area contributed by atoms with Crippen LogP contribution in [0.25, 0.3) is 5.69 Å². The highest BCUT2D eigenvalue weighted by Gasteiger charge is 2.32. The minimum absolute atomic E-state index is 0.500. The molecule has 1 heterocycles. The smallest absolute Gasteiger partial charge is 0.310 e. The predicted molar refractivity (Wildman–Crippen MR) is 73.4 cm³/mol.